The van der Waals surface area contributed by atoms with Gasteiger partial charge in [0.2, 0.25) is 11.8 Å². The van der Waals surface area contributed by atoms with Crippen LogP contribution in [-0.4, -0.2) is 51.9 Å². The fraction of sp³-hybridized carbons (Fsp3) is 0.567. The van der Waals surface area contributed by atoms with Crippen molar-refractivity contribution in [2.75, 3.05) is 18.0 Å². The van der Waals surface area contributed by atoms with Crippen LogP contribution >= 0.6 is 0 Å². The monoisotopic (exact) mass is 615 g/mol. The predicted octanol–water partition coefficient (Wildman–Crippen LogP) is 7.53. The summed E-state index contributed by atoms with van der Waals surface area (Å²) in [4.78, 5) is 32.0. The number of pyridine rings is 1. The molecular weight excluding hydrogens is 580 g/mol. The number of benzene rings is 1. The second kappa shape index (κ2) is 12.7. The van der Waals surface area contributed by atoms with Crippen LogP contribution in [0.2, 0.25) is 0 Å². The number of hydrogen-bond acceptors (Lipinski definition) is 5. The highest BCUT2D eigenvalue weighted by molar-refractivity contribution is 6.03. The van der Waals surface area contributed by atoms with Crippen molar-refractivity contribution in [1.82, 2.24) is 9.88 Å². The molecule has 2 aliphatic rings. The van der Waals surface area contributed by atoms with E-state index in [1.165, 1.54) is 9.80 Å². The van der Waals surface area contributed by atoms with Crippen LogP contribution in [0.4, 0.5) is 32.0 Å². The summed E-state index contributed by atoms with van der Waals surface area (Å²) in [6, 6.07) is 1.68. The van der Waals surface area contributed by atoms with Crippen molar-refractivity contribution in [3.05, 3.63) is 46.9 Å². The third-order valence-electron chi connectivity index (χ3n) is 7.96. The molecule has 2 heterocycles. The van der Waals surface area contributed by atoms with E-state index in [4.69, 9.17) is 4.74 Å². The summed E-state index contributed by atoms with van der Waals surface area (Å²) in [5, 5.41) is 9.95. The van der Waals surface area contributed by atoms with Crippen LogP contribution in [0.1, 0.15) is 80.8 Å². The molecule has 1 aliphatic carbocycles. The van der Waals surface area contributed by atoms with Gasteiger partial charge in [-0.25, -0.2) is 22.9 Å². The number of carboxylic acid groups (broad SMARTS) is 1. The number of aromatic carboxylic acids is 1. The molecule has 0 unspecified atom stereocenters. The maximum atomic E-state index is 15.4. The smallest absolute Gasteiger partial charge is 0.421 e. The molecule has 1 amide bonds. The van der Waals surface area contributed by atoms with Crippen molar-refractivity contribution in [3.8, 4) is 11.6 Å². The molecule has 236 valence electrons. The van der Waals surface area contributed by atoms with E-state index in [9.17, 15) is 36.6 Å². The molecule has 1 saturated heterocycles. The van der Waals surface area contributed by atoms with Crippen LogP contribution in [0.25, 0.3) is 0 Å². The van der Waals surface area contributed by atoms with Gasteiger partial charge in [-0.1, -0.05) is 6.92 Å². The minimum absolute atomic E-state index is 0.00242. The van der Waals surface area contributed by atoms with Crippen molar-refractivity contribution in [1.29, 1.82) is 0 Å². The van der Waals surface area contributed by atoms with Crippen molar-refractivity contribution in [3.63, 3.8) is 0 Å². The molecule has 13 heteroatoms. The van der Waals surface area contributed by atoms with Crippen molar-refractivity contribution in [2.24, 2.45) is 11.8 Å². The van der Waals surface area contributed by atoms with Gasteiger partial charge in [0.1, 0.15) is 5.56 Å². The van der Waals surface area contributed by atoms with E-state index in [0.717, 1.165) is 31.2 Å². The van der Waals surface area contributed by atoms with Crippen LogP contribution in [0.15, 0.2) is 24.4 Å². The number of nitrogens with zero attached hydrogens (tertiary/aromatic N) is 3. The number of piperidine rings is 1. The number of rotatable bonds is 8. The number of carbonyl (C=O) groups excluding carboxylic acids is 1. The number of anilines is 1. The Morgan fingerprint density at radius 1 is 1.16 bits per heavy atom. The lowest BCUT2D eigenvalue weighted by atomic mass is 9.82. The molecular formula is C30H35F6N3O4. The second-order valence-corrected chi connectivity index (χ2v) is 11.8. The van der Waals surface area contributed by atoms with Gasteiger partial charge in [-0.15, -0.1) is 0 Å². The summed E-state index contributed by atoms with van der Waals surface area (Å²) < 4.78 is 90.2. The first kappa shape index (κ1) is 32.6. The van der Waals surface area contributed by atoms with Crippen LogP contribution < -0.4 is 9.64 Å². The first-order valence-electron chi connectivity index (χ1n) is 14.3. The summed E-state index contributed by atoms with van der Waals surface area (Å²) >= 11 is 0. The topological polar surface area (TPSA) is 83.0 Å². The SMILES string of the molecule is CC1CCC(C(=O)N(c2cc(F)c(Oc3ncc(CN4CCCC(F)(F)C4)cc3C(F)(F)F)cc2C(=O)O)C(C)C)CC1. The standard InChI is InChI=1S/C30H35F6N3O4/c1-17(2)39(27(40)20-7-5-18(3)6-8-20)24-13-23(31)25(12-21(24)28(41)42)43-26-22(30(34,35)36)11-19(14-37-26)15-38-10-4-9-29(32,33)16-38/h11-14,17-18,20H,4-10,15-16H2,1-3H3,(H,41,42). The van der Waals surface area contributed by atoms with Crippen molar-refractivity contribution >= 4 is 17.6 Å². The molecule has 0 atom stereocenters. The average Bonchev–Trinajstić information content (AvgIpc) is 2.89. The van der Waals surface area contributed by atoms with Gasteiger partial charge in [0.15, 0.2) is 11.6 Å². The van der Waals surface area contributed by atoms with Gasteiger partial charge < -0.3 is 14.7 Å². The Hall–Kier alpha value is -3.35. The zero-order valence-electron chi connectivity index (χ0n) is 24.2. The summed E-state index contributed by atoms with van der Waals surface area (Å²) in [5.74, 6) is -7.79. The quantitative estimate of drug-likeness (QED) is 0.309. The fourth-order valence-electron chi connectivity index (χ4n) is 5.76. The highest BCUT2D eigenvalue weighted by Crippen LogP contribution is 2.40. The first-order chi connectivity index (χ1) is 20.1. The van der Waals surface area contributed by atoms with Crippen LogP contribution in [0, 0.1) is 17.7 Å². The van der Waals surface area contributed by atoms with E-state index in [2.05, 4.69) is 11.9 Å². The van der Waals surface area contributed by atoms with E-state index in [1.807, 2.05) is 0 Å². The van der Waals surface area contributed by atoms with Gasteiger partial charge in [-0.3, -0.25) is 9.69 Å². The Bertz CT molecular complexity index is 1340. The van der Waals surface area contributed by atoms with E-state index >= 15 is 4.39 Å². The largest absolute Gasteiger partial charge is 0.478 e. The summed E-state index contributed by atoms with van der Waals surface area (Å²) in [7, 11) is 0. The molecule has 7 nitrogen and oxygen atoms in total. The lowest BCUT2D eigenvalue weighted by Crippen LogP contribution is -2.43. The average molecular weight is 616 g/mol. The van der Waals surface area contributed by atoms with E-state index in [-0.39, 0.29) is 49.0 Å². The Labute approximate surface area is 245 Å². The van der Waals surface area contributed by atoms with Gasteiger partial charge in [0, 0.05) is 43.3 Å². The van der Waals surface area contributed by atoms with Crippen LogP contribution in [0.3, 0.4) is 0 Å². The third kappa shape index (κ3) is 7.79. The highest BCUT2D eigenvalue weighted by Gasteiger charge is 2.39. The number of amides is 1. The number of ether oxygens (including phenoxy) is 1. The Kier molecular flexibility index (Phi) is 9.63. The Morgan fingerprint density at radius 2 is 1.84 bits per heavy atom. The third-order valence-corrected chi connectivity index (χ3v) is 7.96. The first-order valence-corrected chi connectivity index (χ1v) is 14.3. The predicted molar refractivity (Wildman–Crippen MR) is 146 cm³/mol. The molecule has 1 N–H and O–H groups in total. The Balaban J connectivity index is 1.65. The van der Waals surface area contributed by atoms with Gasteiger partial charge in [0.25, 0.3) is 5.92 Å². The number of likely N-dealkylation sites (tertiary alicyclic amines) is 1. The number of carbonyl (C=O) groups is 2. The normalized spacial score (nSPS) is 21.1. The molecule has 4 rings (SSSR count). The zero-order chi connectivity index (χ0) is 31.7. The van der Waals surface area contributed by atoms with E-state index in [1.54, 1.807) is 13.8 Å². The summed E-state index contributed by atoms with van der Waals surface area (Å²) in [6.45, 7) is 4.86. The molecule has 1 aliphatic heterocycles. The van der Waals surface area contributed by atoms with Gasteiger partial charge in [-0.2, -0.15) is 13.2 Å². The number of carboxylic acids is 1. The molecule has 43 heavy (non-hydrogen) atoms. The molecule has 0 radical (unpaired) electrons. The van der Waals surface area contributed by atoms with E-state index < -0.39 is 59.2 Å². The number of alkyl halides is 5. The fourth-order valence-corrected chi connectivity index (χ4v) is 5.76. The molecule has 0 spiro atoms. The maximum absolute atomic E-state index is 15.4. The van der Waals surface area contributed by atoms with Crippen molar-refractivity contribution in [2.45, 2.75) is 84.0 Å². The Morgan fingerprint density at radius 3 is 2.42 bits per heavy atom. The molecule has 2 aromatic rings. The van der Waals surface area contributed by atoms with Crippen molar-refractivity contribution < 1.29 is 45.8 Å². The molecule has 1 aromatic heterocycles. The molecule has 1 aromatic carbocycles. The second-order valence-electron chi connectivity index (χ2n) is 11.8. The van der Waals surface area contributed by atoms with Gasteiger partial charge in [0.05, 0.1) is 17.8 Å². The number of hydrogen-bond donors (Lipinski definition) is 1. The zero-order valence-corrected chi connectivity index (χ0v) is 24.2. The summed E-state index contributed by atoms with van der Waals surface area (Å²) in [5.41, 5.74) is -2.13. The molecule has 1 saturated carbocycles. The lowest BCUT2D eigenvalue weighted by molar-refractivity contribution is -0.139. The molecule has 0 bridgehead atoms. The number of aromatic nitrogens is 1. The van der Waals surface area contributed by atoms with Crippen LogP contribution in [-0.2, 0) is 17.5 Å². The summed E-state index contributed by atoms with van der Waals surface area (Å²) in [6.07, 6.45) is -1.22. The highest BCUT2D eigenvalue weighted by atomic mass is 19.4. The lowest BCUT2D eigenvalue weighted by Gasteiger charge is -2.34. The minimum atomic E-state index is -5.01. The van der Waals surface area contributed by atoms with E-state index in [0.29, 0.717) is 24.8 Å². The van der Waals surface area contributed by atoms with Crippen LogP contribution in [0.5, 0.6) is 11.6 Å². The molecule has 2 fully saturated rings. The maximum Gasteiger partial charge on any atom is 0.421 e. The number of halogens is 6. The van der Waals surface area contributed by atoms with Gasteiger partial charge in [-0.05, 0) is 70.0 Å². The van der Waals surface area contributed by atoms with Gasteiger partial charge >= 0.3 is 12.1 Å². The minimum Gasteiger partial charge on any atom is -0.478 e.